The van der Waals surface area contributed by atoms with Crippen molar-refractivity contribution >= 4 is 11.9 Å². The number of aliphatic hydroxyl groups excluding tert-OH is 2. The lowest BCUT2D eigenvalue weighted by molar-refractivity contribution is -0.143. The number of allylic oxidation sites excluding steroid dienone is 3. The Morgan fingerprint density at radius 1 is 0.380 bits per heavy atom. The predicted octanol–water partition coefficient (Wildman–Crippen LogP) is 20.2. The zero-order valence-electron chi connectivity index (χ0n) is 48.0. The van der Waals surface area contributed by atoms with Crippen LogP contribution in [0.2, 0.25) is 0 Å². The van der Waals surface area contributed by atoms with Crippen molar-refractivity contribution in [2.24, 2.45) is 0 Å². The first-order valence-corrected chi connectivity index (χ1v) is 32.1. The minimum absolute atomic E-state index is 0.0132. The van der Waals surface area contributed by atoms with Gasteiger partial charge in [-0.05, 0) is 57.8 Å². The minimum Gasteiger partial charge on any atom is -0.466 e. The molecule has 0 aromatic heterocycles. The van der Waals surface area contributed by atoms with Crippen LogP contribution in [-0.4, -0.2) is 47.4 Å². The van der Waals surface area contributed by atoms with Crippen molar-refractivity contribution in [3.05, 3.63) is 24.3 Å². The molecule has 1 amide bonds. The Kier molecular flexibility index (Phi) is 59.5. The van der Waals surface area contributed by atoms with E-state index in [4.69, 9.17) is 4.74 Å². The topological polar surface area (TPSA) is 95.9 Å². The molecule has 0 saturated heterocycles. The maximum atomic E-state index is 12.5. The highest BCUT2D eigenvalue weighted by Gasteiger charge is 2.18. The average Bonchev–Trinajstić information content (AvgIpc) is 3.37. The molecule has 0 fully saturated rings. The molecule has 0 radical (unpaired) electrons. The zero-order valence-corrected chi connectivity index (χ0v) is 48.0. The number of unbranched alkanes of at least 4 members (excludes halogenated alkanes) is 47. The maximum Gasteiger partial charge on any atom is 0.305 e. The number of rotatable bonds is 60. The fraction of sp³-hybridized carbons (Fsp3) is 0.908. The van der Waals surface area contributed by atoms with Crippen LogP contribution in [0.1, 0.15) is 354 Å². The Labute approximate surface area is 443 Å². The normalized spacial score (nSPS) is 12.7. The monoisotopic (exact) mass is 1000 g/mol. The van der Waals surface area contributed by atoms with Gasteiger partial charge in [0.15, 0.2) is 0 Å². The fourth-order valence-electron chi connectivity index (χ4n) is 10.0. The summed E-state index contributed by atoms with van der Waals surface area (Å²) in [5, 5.41) is 23.2. The van der Waals surface area contributed by atoms with Crippen molar-refractivity contribution in [2.45, 2.75) is 366 Å². The standard InChI is InChI=1S/C65H125NO5/c1-3-5-7-9-11-13-15-17-19-21-22-23-24-25-26-27-28-29-30-33-37-41-45-49-53-57-63(68)62(61-67)66-64(69)58-54-50-46-42-38-34-32-36-40-44-48-52-56-60-71-65(70)59-55-51-47-43-39-35-31-20-18-16-14-12-10-8-6-4-2/h20,31,53,57,62-63,67-68H,3-19,21-30,32-52,54-56,58-61H2,1-2H3,(H,66,69)/b31-20-,57-53+. The van der Waals surface area contributed by atoms with Crippen molar-refractivity contribution in [1.82, 2.24) is 5.32 Å². The molecule has 2 unspecified atom stereocenters. The van der Waals surface area contributed by atoms with Gasteiger partial charge in [0.1, 0.15) is 0 Å². The average molecular weight is 1000 g/mol. The molecule has 0 aromatic carbocycles. The summed E-state index contributed by atoms with van der Waals surface area (Å²) in [6, 6.07) is -0.639. The Balaban J connectivity index is 3.47. The van der Waals surface area contributed by atoms with Gasteiger partial charge in [0.25, 0.3) is 0 Å². The molecule has 0 spiro atoms. The van der Waals surface area contributed by atoms with E-state index in [0.29, 0.717) is 19.4 Å². The molecule has 0 aliphatic carbocycles. The number of esters is 1. The Morgan fingerprint density at radius 3 is 1.00 bits per heavy atom. The third-order valence-electron chi connectivity index (χ3n) is 15.0. The van der Waals surface area contributed by atoms with Gasteiger partial charge >= 0.3 is 5.97 Å². The number of aliphatic hydroxyl groups is 2. The van der Waals surface area contributed by atoms with Gasteiger partial charge in [-0.2, -0.15) is 0 Å². The summed E-state index contributed by atoms with van der Waals surface area (Å²) in [6.07, 6.45) is 75.0. The van der Waals surface area contributed by atoms with Crippen molar-refractivity contribution in [3.63, 3.8) is 0 Å². The molecule has 0 aliphatic heterocycles. The van der Waals surface area contributed by atoms with Crippen molar-refractivity contribution < 1.29 is 24.5 Å². The first-order valence-electron chi connectivity index (χ1n) is 32.1. The van der Waals surface area contributed by atoms with Crippen LogP contribution in [0.5, 0.6) is 0 Å². The number of ether oxygens (including phenoxy) is 1. The lowest BCUT2D eigenvalue weighted by Gasteiger charge is -2.20. The van der Waals surface area contributed by atoms with E-state index < -0.39 is 12.1 Å². The summed E-state index contributed by atoms with van der Waals surface area (Å²) in [6.45, 7) is 4.90. The van der Waals surface area contributed by atoms with Gasteiger partial charge in [-0.15, -0.1) is 0 Å². The second kappa shape index (κ2) is 60.9. The molecule has 0 rings (SSSR count). The second-order valence-electron chi connectivity index (χ2n) is 22.1. The lowest BCUT2D eigenvalue weighted by Crippen LogP contribution is -2.45. The summed E-state index contributed by atoms with van der Waals surface area (Å²) < 4.78 is 5.48. The number of hydrogen-bond donors (Lipinski definition) is 3. The molecular formula is C65H125NO5. The van der Waals surface area contributed by atoms with E-state index in [1.54, 1.807) is 6.08 Å². The summed E-state index contributed by atoms with van der Waals surface area (Å²) in [7, 11) is 0. The molecule has 3 N–H and O–H groups in total. The molecule has 6 nitrogen and oxygen atoms in total. The Bertz CT molecular complexity index is 1110. The molecule has 6 heteroatoms. The maximum absolute atomic E-state index is 12.5. The third-order valence-corrected chi connectivity index (χ3v) is 15.0. The summed E-state index contributed by atoms with van der Waals surface area (Å²) in [5.74, 6) is -0.0905. The van der Waals surface area contributed by atoms with Crippen LogP contribution in [0.4, 0.5) is 0 Å². The first-order chi connectivity index (χ1) is 35.0. The second-order valence-corrected chi connectivity index (χ2v) is 22.1. The molecule has 0 aliphatic rings. The molecule has 0 aromatic rings. The minimum atomic E-state index is -0.855. The van der Waals surface area contributed by atoms with Gasteiger partial charge in [-0.1, -0.05) is 308 Å². The number of nitrogens with one attached hydrogen (secondary N) is 1. The molecule has 0 saturated carbocycles. The van der Waals surface area contributed by atoms with E-state index in [9.17, 15) is 19.8 Å². The van der Waals surface area contributed by atoms with Crippen LogP contribution in [-0.2, 0) is 14.3 Å². The van der Waals surface area contributed by atoms with Gasteiger partial charge in [0.05, 0.1) is 25.4 Å². The molecule has 71 heavy (non-hydrogen) atoms. The van der Waals surface area contributed by atoms with Crippen molar-refractivity contribution in [3.8, 4) is 0 Å². The highest BCUT2D eigenvalue weighted by atomic mass is 16.5. The molecule has 420 valence electrons. The summed E-state index contributed by atoms with van der Waals surface area (Å²) >= 11 is 0. The summed E-state index contributed by atoms with van der Waals surface area (Å²) in [5.41, 5.74) is 0. The van der Waals surface area contributed by atoms with Crippen LogP contribution in [0.3, 0.4) is 0 Å². The molecular weight excluding hydrogens is 875 g/mol. The van der Waals surface area contributed by atoms with E-state index in [1.807, 2.05) is 6.08 Å². The van der Waals surface area contributed by atoms with Crippen LogP contribution in [0.15, 0.2) is 24.3 Å². The lowest BCUT2D eigenvalue weighted by atomic mass is 10.0. The largest absolute Gasteiger partial charge is 0.466 e. The van der Waals surface area contributed by atoms with Crippen molar-refractivity contribution in [1.29, 1.82) is 0 Å². The number of carbonyl (C=O) groups excluding carboxylic acids is 2. The number of carbonyl (C=O) groups is 2. The molecule has 2 atom stereocenters. The van der Waals surface area contributed by atoms with Crippen LogP contribution < -0.4 is 5.32 Å². The smallest absolute Gasteiger partial charge is 0.305 e. The molecule has 0 heterocycles. The van der Waals surface area contributed by atoms with Gasteiger partial charge in [0.2, 0.25) is 5.91 Å². The summed E-state index contributed by atoms with van der Waals surface area (Å²) in [4.78, 5) is 24.6. The highest BCUT2D eigenvalue weighted by Crippen LogP contribution is 2.18. The van der Waals surface area contributed by atoms with Crippen LogP contribution in [0, 0.1) is 0 Å². The van der Waals surface area contributed by atoms with Gasteiger partial charge < -0.3 is 20.3 Å². The van der Waals surface area contributed by atoms with Crippen LogP contribution >= 0.6 is 0 Å². The Hall–Kier alpha value is -1.66. The van der Waals surface area contributed by atoms with E-state index in [0.717, 1.165) is 57.8 Å². The van der Waals surface area contributed by atoms with E-state index >= 15 is 0 Å². The van der Waals surface area contributed by atoms with E-state index in [2.05, 4.69) is 31.3 Å². The van der Waals surface area contributed by atoms with Gasteiger partial charge in [-0.25, -0.2) is 0 Å². The number of amides is 1. The van der Waals surface area contributed by atoms with Crippen molar-refractivity contribution in [2.75, 3.05) is 13.2 Å². The predicted molar refractivity (Wildman–Crippen MR) is 310 cm³/mol. The van der Waals surface area contributed by atoms with Gasteiger partial charge in [-0.3, -0.25) is 9.59 Å². The van der Waals surface area contributed by atoms with E-state index in [-0.39, 0.29) is 18.5 Å². The SMILES string of the molecule is CCCCCCCCC/C=C\CCCCCCCC(=O)OCCCCCCCCCCCCCCCC(=O)NC(CO)C(O)/C=C/CCCCCCCCCCCCCCCCCCCCCCCCC. The molecule has 0 bridgehead atoms. The third kappa shape index (κ3) is 57.5. The highest BCUT2D eigenvalue weighted by molar-refractivity contribution is 5.76. The van der Waals surface area contributed by atoms with E-state index in [1.165, 1.54) is 270 Å². The van der Waals surface area contributed by atoms with Gasteiger partial charge in [0, 0.05) is 12.8 Å². The zero-order chi connectivity index (χ0) is 51.4. The Morgan fingerprint density at radius 2 is 0.662 bits per heavy atom. The number of hydrogen-bond acceptors (Lipinski definition) is 5. The fourth-order valence-corrected chi connectivity index (χ4v) is 10.0. The van der Waals surface area contributed by atoms with Crippen LogP contribution in [0.25, 0.3) is 0 Å². The quantitative estimate of drug-likeness (QED) is 0.0320. The first kappa shape index (κ1) is 69.3.